The van der Waals surface area contributed by atoms with Crippen molar-refractivity contribution in [2.75, 3.05) is 24.5 Å². The van der Waals surface area contributed by atoms with Crippen molar-refractivity contribution in [2.45, 2.75) is 64.1 Å². The van der Waals surface area contributed by atoms with E-state index in [1.807, 2.05) is 12.1 Å². The minimum atomic E-state index is -0.530. The molecule has 1 heterocycles. The van der Waals surface area contributed by atoms with E-state index < -0.39 is 5.60 Å². The van der Waals surface area contributed by atoms with E-state index in [0.717, 1.165) is 56.9 Å². The van der Waals surface area contributed by atoms with E-state index >= 15 is 0 Å². The second-order valence-corrected chi connectivity index (χ2v) is 9.38. The van der Waals surface area contributed by atoms with Gasteiger partial charge in [-0.2, -0.15) is 0 Å². The summed E-state index contributed by atoms with van der Waals surface area (Å²) in [7, 11) is 0. The van der Waals surface area contributed by atoms with Crippen LogP contribution in [0.1, 0.15) is 63.1 Å². The van der Waals surface area contributed by atoms with Crippen LogP contribution in [0, 0.1) is 5.92 Å². The number of nitrogens with zero attached hydrogens (tertiary/aromatic N) is 2. The first-order valence-electron chi connectivity index (χ1n) is 11.6. The summed E-state index contributed by atoms with van der Waals surface area (Å²) in [5, 5.41) is 12.4. The highest BCUT2D eigenvalue weighted by Crippen LogP contribution is 2.49. The van der Waals surface area contributed by atoms with E-state index in [2.05, 4.69) is 60.0 Å². The summed E-state index contributed by atoms with van der Waals surface area (Å²) in [6.45, 7) is 8.16. The van der Waals surface area contributed by atoms with Gasteiger partial charge in [0, 0.05) is 48.8 Å². The third-order valence-electron chi connectivity index (χ3n) is 7.37. The summed E-state index contributed by atoms with van der Waals surface area (Å²) in [5.74, 6) is 0.279. The molecule has 0 unspecified atom stereocenters. The predicted octanol–water partition coefficient (Wildman–Crippen LogP) is 6.05. The molecule has 1 N–H and O–H groups in total. The van der Waals surface area contributed by atoms with Gasteiger partial charge in [-0.25, -0.2) is 0 Å². The maximum absolute atomic E-state index is 11.5. The van der Waals surface area contributed by atoms with Crippen LogP contribution in [0.15, 0.2) is 48.5 Å². The number of anilines is 1. The minimum absolute atomic E-state index is 0.228. The van der Waals surface area contributed by atoms with E-state index in [1.54, 1.807) is 0 Å². The number of aliphatic hydroxyl groups is 1. The molecule has 2 aromatic carbocycles. The number of piperidine rings is 1. The van der Waals surface area contributed by atoms with Gasteiger partial charge >= 0.3 is 0 Å². The number of hydrogen-bond donors (Lipinski definition) is 1. The third-order valence-corrected chi connectivity index (χ3v) is 7.73. The van der Waals surface area contributed by atoms with Gasteiger partial charge in [0.05, 0.1) is 5.60 Å². The van der Waals surface area contributed by atoms with E-state index in [4.69, 9.17) is 11.6 Å². The van der Waals surface area contributed by atoms with Crippen LogP contribution in [0.4, 0.5) is 5.69 Å². The second-order valence-electron chi connectivity index (χ2n) is 8.98. The summed E-state index contributed by atoms with van der Waals surface area (Å²) < 4.78 is 0. The lowest BCUT2D eigenvalue weighted by Gasteiger charge is -2.53. The predicted molar refractivity (Wildman–Crippen MR) is 126 cm³/mol. The first-order valence-corrected chi connectivity index (χ1v) is 12.0. The van der Waals surface area contributed by atoms with Crippen LogP contribution in [0.25, 0.3) is 0 Å². The summed E-state index contributed by atoms with van der Waals surface area (Å²) in [5.41, 5.74) is 3.24. The van der Waals surface area contributed by atoms with Crippen molar-refractivity contribution < 1.29 is 5.11 Å². The summed E-state index contributed by atoms with van der Waals surface area (Å²) in [6, 6.07) is 17.5. The fourth-order valence-electron chi connectivity index (χ4n) is 5.68. The molecule has 3 atom stereocenters. The third kappa shape index (κ3) is 4.26. The second kappa shape index (κ2) is 9.30. The molecular formula is C26H35ClN2O. The lowest BCUT2D eigenvalue weighted by Crippen LogP contribution is -2.54. The number of benzene rings is 2. The highest BCUT2D eigenvalue weighted by Gasteiger charge is 2.48. The van der Waals surface area contributed by atoms with Crippen molar-refractivity contribution in [2.24, 2.45) is 5.92 Å². The van der Waals surface area contributed by atoms with E-state index in [-0.39, 0.29) is 12.0 Å². The zero-order chi connectivity index (χ0) is 21.1. The Hall–Kier alpha value is -1.55. The molecule has 0 bridgehead atoms. The molecule has 4 heteroatoms. The van der Waals surface area contributed by atoms with Gasteiger partial charge in [0.15, 0.2) is 0 Å². The van der Waals surface area contributed by atoms with E-state index in [0.29, 0.717) is 0 Å². The Labute approximate surface area is 186 Å². The Morgan fingerprint density at radius 2 is 1.77 bits per heavy atom. The molecule has 0 spiro atoms. The summed E-state index contributed by atoms with van der Waals surface area (Å²) in [4.78, 5) is 4.93. The first kappa shape index (κ1) is 21.7. The molecular weight excluding hydrogens is 392 g/mol. The standard InChI is InChI=1S/C26H35ClN2O/c1-3-28(4-2)22-14-12-20(13-15-22)25-23-10-7-8-16-26(23,30)17-18-29(25)19-21-9-5-6-11-24(21)27/h5-6,9,11-15,23,25,30H,3-4,7-8,10,16-19H2,1-2H3/t23-,25+,26+/m1/s1. The lowest BCUT2D eigenvalue weighted by atomic mass is 9.66. The SMILES string of the molecule is CCN(CC)c1ccc([C@H]2[C@H]3CCCC[C@]3(O)CCN2Cc2ccccc2Cl)cc1. The molecule has 162 valence electrons. The molecule has 3 nitrogen and oxygen atoms in total. The molecule has 2 aliphatic rings. The average Bonchev–Trinajstić information content (AvgIpc) is 2.77. The van der Waals surface area contributed by atoms with Crippen molar-refractivity contribution in [3.05, 3.63) is 64.7 Å². The molecule has 2 aromatic rings. The molecule has 0 amide bonds. The van der Waals surface area contributed by atoms with Gasteiger partial charge in [-0.1, -0.05) is 54.8 Å². The highest BCUT2D eigenvalue weighted by molar-refractivity contribution is 6.31. The van der Waals surface area contributed by atoms with Crippen LogP contribution in [-0.4, -0.2) is 35.2 Å². The molecule has 1 saturated carbocycles. The van der Waals surface area contributed by atoms with Crippen molar-refractivity contribution >= 4 is 17.3 Å². The van der Waals surface area contributed by atoms with Gasteiger partial charge in [0.1, 0.15) is 0 Å². The van der Waals surface area contributed by atoms with E-state index in [9.17, 15) is 5.11 Å². The zero-order valence-electron chi connectivity index (χ0n) is 18.4. The maximum atomic E-state index is 11.5. The van der Waals surface area contributed by atoms with Crippen LogP contribution < -0.4 is 4.90 Å². The molecule has 1 saturated heterocycles. The summed E-state index contributed by atoms with van der Waals surface area (Å²) in [6.07, 6.45) is 5.24. The zero-order valence-corrected chi connectivity index (χ0v) is 19.1. The van der Waals surface area contributed by atoms with Crippen molar-refractivity contribution in [1.82, 2.24) is 4.90 Å². The lowest BCUT2D eigenvalue weighted by molar-refractivity contribution is -0.126. The van der Waals surface area contributed by atoms with Gasteiger partial charge in [-0.05, 0) is 62.4 Å². The Kier molecular flexibility index (Phi) is 6.72. The topological polar surface area (TPSA) is 26.7 Å². The van der Waals surface area contributed by atoms with Crippen LogP contribution in [0.3, 0.4) is 0 Å². The van der Waals surface area contributed by atoms with Gasteiger partial charge in [-0.3, -0.25) is 4.90 Å². The number of rotatable bonds is 6. The molecule has 0 radical (unpaired) electrons. The minimum Gasteiger partial charge on any atom is -0.389 e. The number of halogens is 1. The molecule has 4 rings (SSSR count). The fraction of sp³-hybridized carbons (Fsp3) is 0.538. The van der Waals surface area contributed by atoms with Crippen molar-refractivity contribution in [1.29, 1.82) is 0 Å². The Morgan fingerprint density at radius 3 is 2.47 bits per heavy atom. The van der Waals surface area contributed by atoms with Crippen LogP contribution in [-0.2, 0) is 6.54 Å². The molecule has 30 heavy (non-hydrogen) atoms. The number of fused-ring (bicyclic) bond motifs is 1. The smallest absolute Gasteiger partial charge is 0.0706 e. The Balaban J connectivity index is 1.67. The molecule has 2 fully saturated rings. The van der Waals surface area contributed by atoms with Crippen LogP contribution >= 0.6 is 11.6 Å². The van der Waals surface area contributed by atoms with Crippen LogP contribution in [0.5, 0.6) is 0 Å². The maximum Gasteiger partial charge on any atom is 0.0706 e. The van der Waals surface area contributed by atoms with Gasteiger partial charge in [0.2, 0.25) is 0 Å². The molecule has 0 aromatic heterocycles. The van der Waals surface area contributed by atoms with E-state index in [1.165, 1.54) is 23.2 Å². The van der Waals surface area contributed by atoms with Crippen LogP contribution in [0.2, 0.25) is 5.02 Å². The number of hydrogen-bond acceptors (Lipinski definition) is 3. The normalized spacial score (nSPS) is 26.9. The summed E-state index contributed by atoms with van der Waals surface area (Å²) >= 11 is 6.51. The number of likely N-dealkylation sites (tertiary alicyclic amines) is 1. The fourth-order valence-corrected chi connectivity index (χ4v) is 5.87. The van der Waals surface area contributed by atoms with Crippen molar-refractivity contribution in [3.8, 4) is 0 Å². The Bertz CT molecular complexity index is 835. The Morgan fingerprint density at radius 1 is 1.03 bits per heavy atom. The average molecular weight is 427 g/mol. The molecule has 1 aliphatic heterocycles. The van der Waals surface area contributed by atoms with Gasteiger partial charge in [-0.15, -0.1) is 0 Å². The monoisotopic (exact) mass is 426 g/mol. The largest absolute Gasteiger partial charge is 0.389 e. The van der Waals surface area contributed by atoms with Crippen molar-refractivity contribution in [3.63, 3.8) is 0 Å². The highest BCUT2D eigenvalue weighted by atomic mass is 35.5. The molecule has 1 aliphatic carbocycles. The first-order chi connectivity index (χ1) is 14.6. The van der Waals surface area contributed by atoms with Gasteiger partial charge < -0.3 is 10.0 Å². The quantitative estimate of drug-likeness (QED) is 0.608. The van der Waals surface area contributed by atoms with Gasteiger partial charge in [0.25, 0.3) is 0 Å².